The minimum atomic E-state index is -3.26. The summed E-state index contributed by atoms with van der Waals surface area (Å²) in [6, 6.07) is 20.1. The van der Waals surface area contributed by atoms with Crippen molar-refractivity contribution in [2.24, 2.45) is 0 Å². The van der Waals surface area contributed by atoms with Gasteiger partial charge in [0.05, 0.1) is 9.63 Å². The fourth-order valence-corrected chi connectivity index (χ4v) is 7.24. The van der Waals surface area contributed by atoms with E-state index in [1.807, 2.05) is 51.1 Å². The average Bonchev–Trinajstić information content (AvgIpc) is 3.02. The average molecular weight is 549 g/mol. The molecule has 0 bridgehead atoms. The van der Waals surface area contributed by atoms with Crippen LogP contribution in [-0.4, -0.2) is 9.72 Å². The largest absolute Gasteiger partial charge is 0.438 e. The van der Waals surface area contributed by atoms with Crippen LogP contribution in [0.2, 0.25) is 0 Å². The minimum Gasteiger partial charge on any atom is -0.438 e. The number of aryl methyl sites for hydroxylation is 1. The van der Waals surface area contributed by atoms with Crippen molar-refractivity contribution >= 4 is 66.3 Å². The monoisotopic (exact) mass is 547 g/mol. The number of nitrogens with zero attached hydrogens (tertiary/aromatic N) is 1. The minimum absolute atomic E-state index is 0.573. The third-order valence-corrected chi connectivity index (χ3v) is 9.71. The number of rotatable bonds is 4. The summed E-state index contributed by atoms with van der Waals surface area (Å²) in [7, 11) is -3.26. The Kier molecular flexibility index (Phi) is 5.67. The van der Waals surface area contributed by atoms with Crippen molar-refractivity contribution in [3.8, 4) is 5.75 Å². The van der Waals surface area contributed by atoms with Crippen molar-refractivity contribution in [2.45, 2.75) is 39.4 Å². The molecule has 0 aliphatic carbocycles. The van der Waals surface area contributed by atoms with Gasteiger partial charge >= 0.3 is 0 Å². The van der Waals surface area contributed by atoms with Crippen LogP contribution in [0.3, 0.4) is 0 Å². The molecule has 1 atom stereocenters. The number of hydrogen-bond donors (Lipinski definition) is 0. The first-order valence-corrected chi connectivity index (χ1v) is 13.1. The van der Waals surface area contributed by atoms with Gasteiger partial charge in [0, 0.05) is 38.1 Å². The third-order valence-electron chi connectivity index (χ3n) is 5.42. The molecular formula is C24H24Br2NO2P. The molecule has 4 aromatic rings. The summed E-state index contributed by atoms with van der Waals surface area (Å²) in [6.07, 6.45) is 0. The molecule has 1 heterocycles. The SMILES string of the molecule is CCn1c2ccccc2c2cc([P@@](=O)(Oc3ccc(Br)cc3Br)C(C)(C)C)ccc21. The molecule has 0 unspecified atom stereocenters. The molecule has 0 fully saturated rings. The molecule has 0 saturated carbocycles. The summed E-state index contributed by atoms with van der Waals surface area (Å²) < 4.78 is 24.7. The molecule has 0 aliphatic rings. The van der Waals surface area contributed by atoms with Crippen molar-refractivity contribution in [2.75, 3.05) is 0 Å². The highest BCUT2D eigenvalue weighted by Gasteiger charge is 2.41. The fourth-order valence-electron chi connectivity index (χ4n) is 3.83. The van der Waals surface area contributed by atoms with Crippen LogP contribution in [0.15, 0.2) is 69.6 Å². The Hall–Kier alpha value is -1.55. The van der Waals surface area contributed by atoms with E-state index in [0.717, 1.165) is 31.7 Å². The van der Waals surface area contributed by atoms with Gasteiger partial charge in [-0.25, -0.2) is 0 Å². The molecule has 0 radical (unpaired) electrons. The van der Waals surface area contributed by atoms with Crippen molar-refractivity contribution < 1.29 is 9.09 Å². The number of fused-ring (bicyclic) bond motifs is 3. The number of para-hydroxylation sites is 1. The zero-order chi connectivity index (χ0) is 21.7. The third kappa shape index (κ3) is 3.55. The Balaban J connectivity index is 1.94. The van der Waals surface area contributed by atoms with Crippen molar-refractivity contribution in [1.82, 2.24) is 4.57 Å². The smallest absolute Gasteiger partial charge is 0.282 e. The highest BCUT2D eigenvalue weighted by molar-refractivity contribution is 9.11. The van der Waals surface area contributed by atoms with Gasteiger partial charge in [0.2, 0.25) is 0 Å². The van der Waals surface area contributed by atoms with E-state index in [4.69, 9.17) is 4.52 Å². The normalized spacial score (nSPS) is 14.2. The number of aromatic nitrogens is 1. The molecule has 30 heavy (non-hydrogen) atoms. The first-order chi connectivity index (χ1) is 14.2. The highest BCUT2D eigenvalue weighted by atomic mass is 79.9. The van der Waals surface area contributed by atoms with Gasteiger partial charge in [-0.15, -0.1) is 0 Å². The van der Waals surface area contributed by atoms with Crippen LogP contribution in [0.25, 0.3) is 21.8 Å². The summed E-state index contributed by atoms with van der Waals surface area (Å²) in [6.45, 7) is 8.94. The van der Waals surface area contributed by atoms with Gasteiger partial charge in [-0.05, 0) is 86.1 Å². The lowest BCUT2D eigenvalue weighted by molar-refractivity contribution is 0.460. The van der Waals surface area contributed by atoms with Gasteiger partial charge in [0.1, 0.15) is 5.75 Å². The number of halogens is 2. The van der Waals surface area contributed by atoms with E-state index in [-0.39, 0.29) is 0 Å². The molecular weight excluding hydrogens is 525 g/mol. The zero-order valence-electron chi connectivity index (χ0n) is 17.4. The summed E-state index contributed by atoms with van der Waals surface area (Å²) >= 11 is 7.01. The van der Waals surface area contributed by atoms with Crippen LogP contribution in [0, 0.1) is 0 Å². The van der Waals surface area contributed by atoms with Crippen LogP contribution >= 0.6 is 39.2 Å². The van der Waals surface area contributed by atoms with Gasteiger partial charge in [-0.1, -0.05) is 34.1 Å². The number of hydrogen-bond acceptors (Lipinski definition) is 2. The lowest BCUT2D eigenvalue weighted by atomic mass is 10.1. The quantitative estimate of drug-likeness (QED) is 0.241. The lowest BCUT2D eigenvalue weighted by Crippen LogP contribution is -2.26. The standard InChI is InChI=1S/C24H24Br2NO2P/c1-5-27-21-9-7-6-8-18(21)19-15-17(11-12-22(19)27)30(28,24(2,3)4)29-23-13-10-16(25)14-20(23)26/h6-15H,5H2,1-4H3/t30-/m1/s1. The maximum absolute atomic E-state index is 14.4. The molecule has 0 N–H and O–H groups in total. The Morgan fingerprint density at radius 1 is 0.933 bits per heavy atom. The van der Waals surface area contributed by atoms with E-state index in [1.165, 1.54) is 10.9 Å². The van der Waals surface area contributed by atoms with Crippen LogP contribution in [-0.2, 0) is 11.1 Å². The van der Waals surface area contributed by atoms with Crippen LogP contribution in [0.1, 0.15) is 27.7 Å². The Morgan fingerprint density at radius 2 is 1.63 bits per heavy atom. The summed E-state index contributed by atoms with van der Waals surface area (Å²) in [5.74, 6) is 0.576. The molecule has 0 spiro atoms. The first kappa shape index (κ1) is 21.7. The van der Waals surface area contributed by atoms with E-state index < -0.39 is 12.5 Å². The molecule has 4 rings (SSSR count). The molecule has 0 amide bonds. The maximum Gasteiger partial charge on any atom is 0.282 e. The van der Waals surface area contributed by atoms with Crippen LogP contribution < -0.4 is 9.83 Å². The molecule has 0 aliphatic heterocycles. The van der Waals surface area contributed by atoms with Crippen molar-refractivity contribution in [3.63, 3.8) is 0 Å². The lowest BCUT2D eigenvalue weighted by Gasteiger charge is -2.31. The maximum atomic E-state index is 14.4. The fraction of sp³-hybridized carbons (Fsp3) is 0.250. The Morgan fingerprint density at radius 3 is 2.30 bits per heavy atom. The molecule has 0 saturated heterocycles. The van der Waals surface area contributed by atoms with Gasteiger partial charge < -0.3 is 9.09 Å². The molecule has 3 aromatic carbocycles. The van der Waals surface area contributed by atoms with Crippen molar-refractivity contribution in [3.05, 3.63) is 69.6 Å². The Labute approximate surface area is 194 Å². The second-order valence-electron chi connectivity index (χ2n) is 8.35. The second kappa shape index (κ2) is 7.85. The molecule has 1 aromatic heterocycles. The number of benzene rings is 3. The zero-order valence-corrected chi connectivity index (χ0v) is 21.5. The van der Waals surface area contributed by atoms with E-state index in [1.54, 1.807) is 0 Å². The summed E-state index contributed by atoms with van der Waals surface area (Å²) in [4.78, 5) is 0. The van der Waals surface area contributed by atoms with E-state index >= 15 is 0 Å². The van der Waals surface area contributed by atoms with Gasteiger partial charge in [0.15, 0.2) is 0 Å². The predicted molar refractivity (Wildman–Crippen MR) is 135 cm³/mol. The topological polar surface area (TPSA) is 31.2 Å². The van der Waals surface area contributed by atoms with E-state index in [2.05, 4.69) is 73.7 Å². The first-order valence-electron chi connectivity index (χ1n) is 9.92. The molecule has 3 nitrogen and oxygen atoms in total. The molecule has 156 valence electrons. The van der Waals surface area contributed by atoms with E-state index in [9.17, 15) is 4.57 Å². The highest BCUT2D eigenvalue weighted by Crippen LogP contribution is 2.58. The van der Waals surface area contributed by atoms with Crippen LogP contribution in [0.4, 0.5) is 0 Å². The predicted octanol–water partition coefficient (Wildman–Crippen LogP) is 8.12. The second-order valence-corrected chi connectivity index (χ2v) is 13.3. The van der Waals surface area contributed by atoms with Gasteiger partial charge in [-0.3, -0.25) is 4.57 Å². The van der Waals surface area contributed by atoms with Crippen molar-refractivity contribution in [1.29, 1.82) is 0 Å². The summed E-state index contributed by atoms with van der Waals surface area (Å²) in [5, 5.41) is 2.43. The van der Waals surface area contributed by atoms with Gasteiger partial charge in [-0.2, -0.15) is 0 Å². The Bertz CT molecular complexity index is 1300. The summed E-state index contributed by atoms with van der Waals surface area (Å²) in [5.41, 5.74) is 2.34. The van der Waals surface area contributed by atoms with Crippen LogP contribution in [0.5, 0.6) is 5.75 Å². The van der Waals surface area contributed by atoms with E-state index in [0.29, 0.717) is 5.75 Å². The molecule has 6 heteroatoms. The van der Waals surface area contributed by atoms with Gasteiger partial charge in [0.25, 0.3) is 7.37 Å².